The lowest BCUT2D eigenvalue weighted by molar-refractivity contribution is 0.0935. The summed E-state index contributed by atoms with van der Waals surface area (Å²) in [5, 5.41) is 11.4. The molecule has 0 radical (unpaired) electrons. The highest BCUT2D eigenvalue weighted by Gasteiger charge is 2.23. The number of hydrogen-bond donors (Lipinski definition) is 2. The van der Waals surface area contributed by atoms with E-state index in [-0.39, 0.29) is 18.6 Å². The number of benzene rings is 1. The van der Waals surface area contributed by atoms with Crippen molar-refractivity contribution in [2.24, 2.45) is 5.92 Å². The molecule has 0 saturated heterocycles. The molecule has 2 N–H and O–H groups in total. The highest BCUT2D eigenvalue weighted by atomic mass is 19.2. The van der Waals surface area contributed by atoms with E-state index in [0.29, 0.717) is 12.5 Å². The summed E-state index contributed by atoms with van der Waals surface area (Å²) in [5.74, 6) is -5.37. The minimum absolute atomic E-state index is 0.0393. The Morgan fingerprint density at radius 3 is 2.63 bits per heavy atom. The zero-order valence-electron chi connectivity index (χ0n) is 9.87. The van der Waals surface area contributed by atoms with Crippen molar-refractivity contribution in [1.82, 2.24) is 5.32 Å². The van der Waals surface area contributed by atoms with E-state index in [1.165, 1.54) is 0 Å². The highest BCUT2D eigenvalue weighted by molar-refractivity contribution is 5.94. The second kappa shape index (κ2) is 5.44. The second-order valence-corrected chi connectivity index (χ2v) is 4.37. The topological polar surface area (TPSA) is 49.3 Å². The van der Waals surface area contributed by atoms with Gasteiger partial charge in [0.15, 0.2) is 17.5 Å². The van der Waals surface area contributed by atoms with Gasteiger partial charge in [0.2, 0.25) is 0 Å². The van der Waals surface area contributed by atoms with Gasteiger partial charge >= 0.3 is 0 Å². The lowest BCUT2D eigenvalue weighted by Gasteiger charge is -2.13. The molecule has 3 nitrogen and oxygen atoms in total. The van der Waals surface area contributed by atoms with Crippen LogP contribution in [0.15, 0.2) is 24.3 Å². The van der Waals surface area contributed by atoms with E-state index in [0.717, 1.165) is 6.07 Å². The summed E-state index contributed by atoms with van der Waals surface area (Å²) >= 11 is 0. The Balaban J connectivity index is 2.09. The number of hydrogen-bond acceptors (Lipinski definition) is 2. The summed E-state index contributed by atoms with van der Waals surface area (Å²) in [6.07, 6.45) is 3.91. The normalized spacial score (nSPS) is 21.7. The number of amides is 1. The Morgan fingerprint density at radius 1 is 1.26 bits per heavy atom. The minimum Gasteiger partial charge on any atom is -0.396 e. The molecule has 0 bridgehead atoms. The molecule has 1 aliphatic carbocycles. The summed E-state index contributed by atoms with van der Waals surface area (Å²) in [7, 11) is 0. The second-order valence-electron chi connectivity index (χ2n) is 4.37. The van der Waals surface area contributed by atoms with Crippen molar-refractivity contribution in [2.75, 3.05) is 6.61 Å². The standard InChI is InChI=1S/C13H12F3NO2/c14-10-4-3-9(11(15)12(10)16)13(19)17-8-2-1-7(5-8)6-18/h1-4,7-8,18H,5-6H2,(H,17,19)/t7-,8+/m0/s1. The Labute approximate surface area is 107 Å². The molecule has 6 heteroatoms. The smallest absolute Gasteiger partial charge is 0.254 e. The fraction of sp³-hybridized carbons (Fsp3) is 0.308. The van der Waals surface area contributed by atoms with Crippen molar-refractivity contribution in [3.63, 3.8) is 0 Å². The first-order valence-corrected chi connectivity index (χ1v) is 5.76. The number of nitrogens with one attached hydrogen (secondary N) is 1. The van der Waals surface area contributed by atoms with Gasteiger partial charge in [-0.1, -0.05) is 12.2 Å². The zero-order chi connectivity index (χ0) is 14.0. The first-order chi connectivity index (χ1) is 9.02. The van der Waals surface area contributed by atoms with E-state index in [1.807, 2.05) is 0 Å². The summed E-state index contributed by atoms with van der Waals surface area (Å²) in [6, 6.07) is 1.25. The quantitative estimate of drug-likeness (QED) is 0.650. The number of aliphatic hydroxyl groups excluding tert-OH is 1. The molecule has 0 heterocycles. The van der Waals surface area contributed by atoms with Gasteiger partial charge in [-0.15, -0.1) is 0 Å². The van der Waals surface area contributed by atoms with Crippen LogP contribution >= 0.6 is 0 Å². The fourth-order valence-corrected chi connectivity index (χ4v) is 1.96. The van der Waals surface area contributed by atoms with E-state index in [9.17, 15) is 18.0 Å². The predicted octanol–water partition coefficient (Wildman–Crippen LogP) is 1.77. The third-order valence-electron chi connectivity index (χ3n) is 3.00. The van der Waals surface area contributed by atoms with Crippen LogP contribution in [0, 0.1) is 23.4 Å². The lowest BCUT2D eigenvalue weighted by atomic mass is 10.1. The molecule has 1 amide bonds. The molecule has 0 fully saturated rings. The lowest BCUT2D eigenvalue weighted by Crippen LogP contribution is -2.33. The van der Waals surface area contributed by atoms with Crippen LogP contribution in [-0.4, -0.2) is 23.7 Å². The van der Waals surface area contributed by atoms with Gasteiger partial charge in [-0.3, -0.25) is 4.79 Å². The average molecular weight is 271 g/mol. The molecule has 19 heavy (non-hydrogen) atoms. The van der Waals surface area contributed by atoms with E-state index in [2.05, 4.69) is 5.32 Å². The van der Waals surface area contributed by atoms with Crippen molar-refractivity contribution in [3.05, 3.63) is 47.3 Å². The van der Waals surface area contributed by atoms with Gasteiger partial charge in [0.1, 0.15) is 0 Å². The number of carbonyl (C=O) groups is 1. The molecular formula is C13H12F3NO2. The molecule has 0 saturated carbocycles. The molecule has 0 aromatic heterocycles. The van der Waals surface area contributed by atoms with Gasteiger partial charge in [0.05, 0.1) is 5.56 Å². The monoisotopic (exact) mass is 271 g/mol. The van der Waals surface area contributed by atoms with E-state index in [4.69, 9.17) is 5.11 Å². The van der Waals surface area contributed by atoms with Crippen LogP contribution in [0.4, 0.5) is 13.2 Å². The van der Waals surface area contributed by atoms with Crippen molar-refractivity contribution < 1.29 is 23.1 Å². The number of carbonyl (C=O) groups excluding carboxylic acids is 1. The molecule has 1 aliphatic rings. The van der Waals surface area contributed by atoms with Crippen molar-refractivity contribution in [2.45, 2.75) is 12.5 Å². The molecule has 2 rings (SSSR count). The van der Waals surface area contributed by atoms with Crippen molar-refractivity contribution in [1.29, 1.82) is 0 Å². The van der Waals surface area contributed by atoms with Crippen LogP contribution in [0.25, 0.3) is 0 Å². The Bertz CT molecular complexity index is 531. The summed E-state index contributed by atoms with van der Waals surface area (Å²) in [6.45, 7) is -0.0393. The Morgan fingerprint density at radius 2 is 2.00 bits per heavy atom. The van der Waals surface area contributed by atoms with Crippen LogP contribution < -0.4 is 5.32 Å². The largest absolute Gasteiger partial charge is 0.396 e. The maximum absolute atomic E-state index is 13.4. The predicted molar refractivity (Wildman–Crippen MR) is 61.9 cm³/mol. The summed E-state index contributed by atoms with van der Waals surface area (Å²) < 4.78 is 39.1. The van der Waals surface area contributed by atoms with Crippen molar-refractivity contribution in [3.8, 4) is 0 Å². The van der Waals surface area contributed by atoms with Crippen LogP contribution in [0.2, 0.25) is 0 Å². The Hall–Kier alpha value is -1.82. The van der Waals surface area contributed by atoms with Crippen LogP contribution in [-0.2, 0) is 0 Å². The van der Waals surface area contributed by atoms with E-state index in [1.54, 1.807) is 12.2 Å². The summed E-state index contributed by atoms with van der Waals surface area (Å²) in [5.41, 5.74) is -0.542. The molecule has 0 aliphatic heterocycles. The molecule has 1 aromatic carbocycles. The van der Waals surface area contributed by atoms with Gasteiger partial charge < -0.3 is 10.4 Å². The number of rotatable bonds is 3. The first kappa shape index (κ1) is 13.6. The van der Waals surface area contributed by atoms with Crippen LogP contribution in [0.1, 0.15) is 16.8 Å². The van der Waals surface area contributed by atoms with Crippen LogP contribution in [0.3, 0.4) is 0 Å². The third-order valence-corrected chi connectivity index (χ3v) is 3.00. The molecule has 102 valence electrons. The molecule has 1 aromatic rings. The number of aliphatic hydroxyl groups is 1. The fourth-order valence-electron chi connectivity index (χ4n) is 1.96. The average Bonchev–Trinajstić information content (AvgIpc) is 2.83. The SMILES string of the molecule is O=C(N[C@@H]1C=C[C@H](CO)C1)c1ccc(F)c(F)c1F. The maximum Gasteiger partial charge on any atom is 0.254 e. The van der Waals surface area contributed by atoms with E-state index >= 15 is 0 Å². The summed E-state index contributed by atoms with van der Waals surface area (Å²) in [4.78, 5) is 11.7. The van der Waals surface area contributed by atoms with Gasteiger partial charge in [-0.25, -0.2) is 13.2 Å². The van der Waals surface area contributed by atoms with Gasteiger partial charge in [0, 0.05) is 18.6 Å². The van der Waals surface area contributed by atoms with Gasteiger partial charge in [0.25, 0.3) is 5.91 Å². The molecule has 0 spiro atoms. The maximum atomic E-state index is 13.4. The third kappa shape index (κ3) is 2.78. The zero-order valence-corrected chi connectivity index (χ0v) is 9.87. The van der Waals surface area contributed by atoms with Crippen molar-refractivity contribution >= 4 is 5.91 Å². The van der Waals surface area contributed by atoms with Gasteiger partial charge in [-0.05, 0) is 18.6 Å². The van der Waals surface area contributed by atoms with Gasteiger partial charge in [-0.2, -0.15) is 0 Å². The minimum atomic E-state index is -1.66. The highest BCUT2D eigenvalue weighted by Crippen LogP contribution is 2.19. The molecule has 2 atom stereocenters. The van der Waals surface area contributed by atoms with Crippen LogP contribution in [0.5, 0.6) is 0 Å². The van der Waals surface area contributed by atoms with E-state index < -0.39 is 28.9 Å². The number of halogens is 3. The Kier molecular flexibility index (Phi) is 3.90. The molecule has 0 unspecified atom stereocenters. The first-order valence-electron chi connectivity index (χ1n) is 5.76. The molecular weight excluding hydrogens is 259 g/mol.